The highest BCUT2D eigenvalue weighted by molar-refractivity contribution is 5.95. The average Bonchev–Trinajstić information content (AvgIpc) is 2.90. The summed E-state index contributed by atoms with van der Waals surface area (Å²) in [5.74, 6) is -0.875. The molecule has 0 spiro atoms. The molecule has 4 heteroatoms. The summed E-state index contributed by atoms with van der Waals surface area (Å²) in [7, 11) is 0. The number of aryl methyl sites for hydroxylation is 1. The summed E-state index contributed by atoms with van der Waals surface area (Å²) >= 11 is 0. The monoisotopic (exact) mass is 262 g/mol. The summed E-state index contributed by atoms with van der Waals surface area (Å²) in [6, 6.07) is 5.81. The normalized spacial score (nSPS) is 17.4. The SMILES string of the molecule is Cc1cccc(C(=O)O)c1NCC(C)N1CCCC1. The third-order valence-electron chi connectivity index (χ3n) is 3.84. The summed E-state index contributed by atoms with van der Waals surface area (Å²) in [6.45, 7) is 7.22. The van der Waals surface area contributed by atoms with Crippen molar-refractivity contribution in [2.24, 2.45) is 0 Å². The molecule has 104 valence electrons. The molecule has 2 N–H and O–H groups in total. The lowest BCUT2D eigenvalue weighted by Gasteiger charge is -2.25. The van der Waals surface area contributed by atoms with Crippen molar-refractivity contribution in [1.29, 1.82) is 0 Å². The number of para-hydroxylation sites is 1. The molecule has 0 saturated carbocycles. The minimum Gasteiger partial charge on any atom is -0.478 e. The van der Waals surface area contributed by atoms with E-state index in [-0.39, 0.29) is 0 Å². The van der Waals surface area contributed by atoms with Crippen molar-refractivity contribution in [3.05, 3.63) is 29.3 Å². The van der Waals surface area contributed by atoms with Gasteiger partial charge in [0.2, 0.25) is 0 Å². The van der Waals surface area contributed by atoms with Crippen LogP contribution >= 0.6 is 0 Å². The Labute approximate surface area is 114 Å². The minimum absolute atomic E-state index is 0.355. The molecule has 19 heavy (non-hydrogen) atoms. The Hall–Kier alpha value is -1.55. The van der Waals surface area contributed by atoms with Crippen molar-refractivity contribution in [1.82, 2.24) is 4.90 Å². The van der Waals surface area contributed by atoms with E-state index in [0.29, 0.717) is 11.6 Å². The highest BCUT2D eigenvalue weighted by atomic mass is 16.4. The summed E-state index contributed by atoms with van der Waals surface area (Å²) in [6.07, 6.45) is 2.55. The molecule has 0 aliphatic carbocycles. The van der Waals surface area contributed by atoms with E-state index in [1.165, 1.54) is 12.8 Å². The molecule has 4 nitrogen and oxygen atoms in total. The molecule has 0 aromatic heterocycles. The highest BCUT2D eigenvalue weighted by Gasteiger charge is 2.19. The molecule has 1 aliphatic rings. The van der Waals surface area contributed by atoms with Gasteiger partial charge in [-0.1, -0.05) is 12.1 Å². The van der Waals surface area contributed by atoms with E-state index in [0.717, 1.165) is 30.9 Å². The van der Waals surface area contributed by atoms with Crippen molar-refractivity contribution in [2.45, 2.75) is 32.7 Å². The Morgan fingerprint density at radius 1 is 1.42 bits per heavy atom. The lowest BCUT2D eigenvalue weighted by Crippen LogP contribution is -2.35. The van der Waals surface area contributed by atoms with Crippen LogP contribution in [0.15, 0.2) is 18.2 Å². The van der Waals surface area contributed by atoms with E-state index in [2.05, 4.69) is 17.1 Å². The largest absolute Gasteiger partial charge is 0.478 e. The molecule has 1 aliphatic heterocycles. The van der Waals surface area contributed by atoms with Crippen LogP contribution in [0, 0.1) is 6.92 Å². The van der Waals surface area contributed by atoms with Crippen LogP contribution in [0.5, 0.6) is 0 Å². The minimum atomic E-state index is -0.875. The fourth-order valence-corrected chi connectivity index (χ4v) is 2.64. The highest BCUT2D eigenvalue weighted by Crippen LogP contribution is 2.21. The van der Waals surface area contributed by atoms with Gasteiger partial charge < -0.3 is 10.4 Å². The zero-order valence-corrected chi connectivity index (χ0v) is 11.6. The van der Waals surface area contributed by atoms with Crippen LogP contribution in [0.1, 0.15) is 35.7 Å². The molecule has 1 fully saturated rings. The fraction of sp³-hybridized carbons (Fsp3) is 0.533. The molecule has 0 bridgehead atoms. The molecular weight excluding hydrogens is 240 g/mol. The molecule has 1 aromatic rings. The van der Waals surface area contributed by atoms with Gasteiger partial charge in [-0.25, -0.2) is 4.79 Å². The first kappa shape index (κ1) is 13.9. The smallest absolute Gasteiger partial charge is 0.337 e. The van der Waals surface area contributed by atoms with Gasteiger partial charge in [0, 0.05) is 12.6 Å². The van der Waals surface area contributed by atoms with Crippen LogP contribution in [0.2, 0.25) is 0 Å². The number of carbonyl (C=O) groups is 1. The molecule has 0 amide bonds. The third-order valence-corrected chi connectivity index (χ3v) is 3.84. The molecule has 1 unspecified atom stereocenters. The fourth-order valence-electron chi connectivity index (χ4n) is 2.64. The van der Waals surface area contributed by atoms with Crippen LogP contribution in [0.4, 0.5) is 5.69 Å². The molecule has 0 radical (unpaired) electrons. The number of carboxylic acid groups (broad SMARTS) is 1. The Kier molecular flexibility index (Phi) is 4.43. The second-order valence-electron chi connectivity index (χ2n) is 5.28. The van der Waals surface area contributed by atoms with Gasteiger partial charge in [0.05, 0.1) is 11.3 Å². The Balaban J connectivity index is 2.04. The summed E-state index contributed by atoms with van der Waals surface area (Å²) in [5.41, 5.74) is 2.09. The Morgan fingerprint density at radius 3 is 2.74 bits per heavy atom. The van der Waals surface area contributed by atoms with Crippen LogP contribution in [-0.4, -0.2) is 41.7 Å². The maximum atomic E-state index is 11.2. The number of rotatable bonds is 5. The maximum Gasteiger partial charge on any atom is 0.337 e. The molecule has 1 saturated heterocycles. The summed E-state index contributed by atoms with van der Waals surface area (Å²) in [4.78, 5) is 13.7. The number of carboxylic acids is 1. The van der Waals surface area contributed by atoms with Gasteiger partial charge in [-0.05, 0) is 51.4 Å². The Morgan fingerprint density at radius 2 is 2.11 bits per heavy atom. The predicted octanol–water partition coefficient (Wildman–Crippen LogP) is 2.59. The molecule has 1 atom stereocenters. The van der Waals surface area contributed by atoms with Gasteiger partial charge in [-0.3, -0.25) is 4.90 Å². The second kappa shape index (κ2) is 6.06. The van der Waals surface area contributed by atoms with E-state index >= 15 is 0 Å². The zero-order valence-electron chi connectivity index (χ0n) is 11.6. The van der Waals surface area contributed by atoms with Crippen LogP contribution < -0.4 is 5.32 Å². The van der Waals surface area contributed by atoms with Gasteiger partial charge in [0.1, 0.15) is 0 Å². The first-order valence-corrected chi connectivity index (χ1v) is 6.90. The van der Waals surface area contributed by atoms with E-state index in [1.54, 1.807) is 12.1 Å². The number of likely N-dealkylation sites (tertiary alicyclic amines) is 1. The van der Waals surface area contributed by atoms with E-state index < -0.39 is 5.97 Å². The average molecular weight is 262 g/mol. The predicted molar refractivity (Wildman–Crippen MR) is 76.9 cm³/mol. The number of anilines is 1. The van der Waals surface area contributed by atoms with Crippen molar-refractivity contribution in [3.63, 3.8) is 0 Å². The van der Waals surface area contributed by atoms with E-state index in [1.807, 2.05) is 13.0 Å². The topological polar surface area (TPSA) is 52.6 Å². The van der Waals surface area contributed by atoms with Gasteiger partial charge in [0.15, 0.2) is 0 Å². The van der Waals surface area contributed by atoms with Crippen molar-refractivity contribution in [3.8, 4) is 0 Å². The lowest BCUT2D eigenvalue weighted by atomic mass is 10.1. The standard InChI is InChI=1S/C15H22N2O2/c1-11-6-5-7-13(15(18)19)14(11)16-10-12(2)17-8-3-4-9-17/h5-7,12,16H,3-4,8-10H2,1-2H3,(H,18,19). The second-order valence-corrected chi connectivity index (χ2v) is 5.28. The summed E-state index contributed by atoms with van der Waals surface area (Å²) in [5, 5.41) is 12.5. The number of aromatic carboxylic acids is 1. The lowest BCUT2D eigenvalue weighted by molar-refractivity contribution is 0.0698. The number of hydrogen-bond acceptors (Lipinski definition) is 3. The third kappa shape index (κ3) is 3.26. The molecular formula is C15H22N2O2. The first-order valence-electron chi connectivity index (χ1n) is 6.90. The zero-order chi connectivity index (χ0) is 13.8. The van der Waals surface area contributed by atoms with Crippen molar-refractivity contribution >= 4 is 11.7 Å². The molecule has 1 heterocycles. The van der Waals surface area contributed by atoms with Crippen molar-refractivity contribution in [2.75, 3.05) is 25.0 Å². The van der Waals surface area contributed by atoms with Crippen LogP contribution in [0.3, 0.4) is 0 Å². The van der Waals surface area contributed by atoms with Gasteiger partial charge in [-0.15, -0.1) is 0 Å². The van der Waals surface area contributed by atoms with Crippen LogP contribution in [-0.2, 0) is 0 Å². The van der Waals surface area contributed by atoms with Gasteiger partial charge in [0.25, 0.3) is 0 Å². The number of hydrogen-bond donors (Lipinski definition) is 2. The summed E-state index contributed by atoms with van der Waals surface area (Å²) < 4.78 is 0. The van der Waals surface area contributed by atoms with Crippen molar-refractivity contribution < 1.29 is 9.90 Å². The molecule has 1 aromatic carbocycles. The maximum absolute atomic E-state index is 11.2. The molecule has 2 rings (SSSR count). The number of nitrogens with one attached hydrogen (secondary N) is 1. The van der Waals surface area contributed by atoms with Crippen LogP contribution in [0.25, 0.3) is 0 Å². The van der Waals surface area contributed by atoms with E-state index in [4.69, 9.17) is 0 Å². The number of nitrogens with zero attached hydrogens (tertiary/aromatic N) is 1. The van der Waals surface area contributed by atoms with E-state index in [9.17, 15) is 9.90 Å². The van der Waals surface area contributed by atoms with Gasteiger partial charge >= 0.3 is 5.97 Å². The van der Waals surface area contributed by atoms with Gasteiger partial charge in [-0.2, -0.15) is 0 Å². The Bertz CT molecular complexity index is 453. The number of benzene rings is 1. The quantitative estimate of drug-likeness (QED) is 0.856. The first-order chi connectivity index (χ1) is 9.09.